The summed E-state index contributed by atoms with van der Waals surface area (Å²) in [7, 11) is 0. The van der Waals surface area contributed by atoms with Gasteiger partial charge in [0.05, 0.1) is 29.3 Å². The molecule has 2 aliphatic rings. The molecule has 6 rings (SSSR count). The Morgan fingerprint density at radius 1 is 0.917 bits per heavy atom. The van der Waals surface area contributed by atoms with E-state index in [1.54, 1.807) is 46.1 Å². The van der Waals surface area contributed by atoms with E-state index in [-0.39, 0.29) is 5.82 Å². The lowest BCUT2D eigenvalue weighted by molar-refractivity contribution is -0.137. The quantitative estimate of drug-likeness (QED) is 0.426. The number of ether oxygens (including phenoxy) is 1. The minimum absolute atomic E-state index is 0.293. The Morgan fingerprint density at radius 3 is 2.39 bits per heavy atom. The largest absolute Gasteiger partial charge is 0.439 e. The average Bonchev–Trinajstić information content (AvgIpc) is 3.49. The summed E-state index contributed by atoms with van der Waals surface area (Å²) in [6, 6.07) is 14.1. The number of nitrogens with one attached hydrogen (secondary N) is 2. The highest BCUT2D eigenvalue weighted by Crippen LogP contribution is 2.36. The molecule has 0 aliphatic carbocycles. The van der Waals surface area contributed by atoms with E-state index in [1.807, 2.05) is 12.1 Å². The van der Waals surface area contributed by atoms with Gasteiger partial charge in [0.2, 0.25) is 5.88 Å². The zero-order valence-electron chi connectivity index (χ0n) is 18.8. The Kier molecular flexibility index (Phi) is 4.92. The van der Waals surface area contributed by atoms with Crippen molar-refractivity contribution in [3.8, 4) is 17.3 Å². The highest BCUT2D eigenvalue weighted by Gasteiger charge is 2.57. The van der Waals surface area contributed by atoms with Crippen LogP contribution in [0.3, 0.4) is 0 Å². The number of carbonyl (C=O) groups excluding carboxylic acids is 3. The van der Waals surface area contributed by atoms with Crippen LogP contribution < -0.4 is 20.3 Å². The molecule has 0 radical (unpaired) electrons. The van der Waals surface area contributed by atoms with Crippen molar-refractivity contribution in [1.82, 2.24) is 25.4 Å². The van der Waals surface area contributed by atoms with Gasteiger partial charge >= 0.3 is 6.03 Å². The molecule has 2 aromatic heterocycles. The summed E-state index contributed by atoms with van der Waals surface area (Å²) in [5.41, 5.74) is 0.657. The fourth-order valence-electron chi connectivity index (χ4n) is 4.76. The second kappa shape index (κ2) is 8.15. The number of halogens is 1. The van der Waals surface area contributed by atoms with Crippen LogP contribution >= 0.6 is 0 Å². The number of barbiturate groups is 1. The van der Waals surface area contributed by atoms with Gasteiger partial charge in [-0.2, -0.15) is 5.10 Å². The van der Waals surface area contributed by atoms with Crippen molar-refractivity contribution in [2.75, 3.05) is 11.4 Å². The SMILES string of the molecule is O=C1NC(=O)C2(CCCN2c2ccc(Oc3ccc4c(cnn4-c4ccc(F)cc4)c3)nc2)C(=O)N1. The van der Waals surface area contributed by atoms with Gasteiger partial charge < -0.3 is 9.64 Å². The lowest BCUT2D eigenvalue weighted by atomic mass is 9.92. The number of nitrogens with zero attached hydrogens (tertiary/aromatic N) is 4. The smallest absolute Gasteiger partial charge is 0.328 e. The van der Waals surface area contributed by atoms with Crippen molar-refractivity contribution in [3.05, 3.63) is 72.8 Å². The Bertz CT molecular complexity index is 1500. The van der Waals surface area contributed by atoms with Crippen molar-refractivity contribution in [2.24, 2.45) is 0 Å². The second-order valence-corrected chi connectivity index (χ2v) is 8.56. The molecule has 2 aromatic carbocycles. The molecule has 0 atom stereocenters. The van der Waals surface area contributed by atoms with Crippen LogP contribution in [0.25, 0.3) is 16.6 Å². The first-order valence-corrected chi connectivity index (χ1v) is 11.3. The van der Waals surface area contributed by atoms with Crippen LogP contribution in [0.2, 0.25) is 0 Å². The number of hydrogen-bond acceptors (Lipinski definition) is 7. The Balaban J connectivity index is 1.22. The van der Waals surface area contributed by atoms with Crippen LogP contribution in [0.15, 0.2) is 67.0 Å². The van der Waals surface area contributed by atoms with Gasteiger partial charge in [-0.25, -0.2) is 18.9 Å². The first-order valence-electron chi connectivity index (χ1n) is 11.3. The van der Waals surface area contributed by atoms with Crippen molar-refractivity contribution in [1.29, 1.82) is 0 Å². The topological polar surface area (TPSA) is 118 Å². The fourth-order valence-corrected chi connectivity index (χ4v) is 4.76. The van der Waals surface area contributed by atoms with E-state index in [1.165, 1.54) is 18.3 Å². The third-order valence-corrected chi connectivity index (χ3v) is 6.45. The zero-order chi connectivity index (χ0) is 24.9. The highest BCUT2D eigenvalue weighted by molar-refractivity contribution is 6.24. The van der Waals surface area contributed by atoms with Crippen molar-refractivity contribution in [2.45, 2.75) is 18.4 Å². The van der Waals surface area contributed by atoms with E-state index in [9.17, 15) is 18.8 Å². The molecule has 10 nitrogen and oxygen atoms in total. The summed E-state index contributed by atoms with van der Waals surface area (Å²) in [6.07, 6.45) is 4.13. The molecule has 180 valence electrons. The molecule has 2 N–H and O–H groups in total. The van der Waals surface area contributed by atoms with Crippen LogP contribution in [0.4, 0.5) is 14.9 Å². The predicted octanol–water partition coefficient (Wildman–Crippen LogP) is 3.06. The van der Waals surface area contributed by atoms with E-state index in [4.69, 9.17) is 4.74 Å². The van der Waals surface area contributed by atoms with Gasteiger partial charge in [-0.3, -0.25) is 20.2 Å². The van der Waals surface area contributed by atoms with Gasteiger partial charge in [-0.1, -0.05) is 0 Å². The zero-order valence-corrected chi connectivity index (χ0v) is 18.8. The molecule has 4 aromatic rings. The summed E-state index contributed by atoms with van der Waals surface area (Å²) in [5, 5.41) is 9.61. The van der Waals surface area contributed by atoms with E-state index in [0.717, 1.165) is 16.6 Å². The maximum absolute atomic E-state index is 13.3. The number of anilines is 1. The molecule has 0 saturated carbocycles. The molecule has 11 heteroatoms. The minimum Gasteiger partial charge on any atom is -0.439 e. The molecule has 4 heterocycles. The summed E-state index contributed by atoms with van der Waals surface area (Å²) >= 11 is 0. The molecule has 36 heavy (non-hydrogen) atoms. The molecular formula is C25H19FN6O4. The third kappa shape index (κ3) is 3.44. The molecule has 1 spiro atoms. The monoisotopic (exact) mass is 486 g/mol. The molecule has 2 fully saturated rings. The molecule has 2 aliphatic heterocycles. The first kappa shape index (κ1) is 21.7. The van der Waals surface area contributed by atoms with E-state index in [2.05, 4.69) is 20.7 Å². The van der Waals surface area contributed by atoms with Crippen molar-refractivity contribution < 1.29 is 23.5 Å². The summed E-state index contributed by atoms with van der Waals surface area (Å²) in [5.74, 6) is -0.717. The van der Waals surface area contributed by atoms with Gasteiger partial charge in [0.1, 0.15) is 11.6 Å². The lowest BCUT2D eigenvalue weighted by Gasteiger charge is -2.38. The number of carbonyl (C=O) groups is 3. The van der Waals surface area contributed by atoms with Gasteiger partial charge in [0.25, 0.3) is 11.8 Å². The van der Waals surface area contributed by atoms with Gasteiger partial charge in [-0.15, -0.1) is 0 Å². The van der Waals surface area contributed by atoms with Gasteiger partial charge in [-0.05, 0) is 61.4 Å². The molecular weight excluding hydrogens is 467 g/mol. The van der Waals surface area contributed by atoms with Crippen LogP contribution in [-0.4, -0.2) is 44.7 Å². The third-order valence-electron chi connectivity index (χ3n) is 6.45. The molecule has 2 saturated heterocycles. The number of aromatic nitrogens is 3. The molecule has 0 bridgehead atoms. The van der Waals surface area contributed by atoms with Crippen LogP contribution in [-0.2, 0) is 9.59 Å². The first-order chi connectivity index (χ1) is 17.4. The number of rotatable bonds is 4. The Morgan fingerprint density at radius 2 is 1.67 bits per heavy atom. The fraction of sp³-hybridized carbons (Fsp3) is 0.160. The van der Waals surface area contributed by atoms with E-state index < -0.39 is 23.4 Å². The van der Waals surface area contributed by atoms with Crippen molar-refractivity contribution in [3.63, 3.8) is 0 Å². The predicted molar refractivity (Wildman–Crippen MR) is 126 cm³/mol. The van der Waals surface area contributed by atoms with Crippen LogP contribution in [0, 0.1) is 5.82 Å². The Labute approximate surface area is 203 Å². The molecule has 4 amide bonds. The van der Waals surface area contributed by atoms with Crippen LogP contribution in [0.5, 0.6) is 11.6 Å². The van der Waals surface area contributed by atoms with Gasteiger partial charge in [0.15, 0.2) is 5.54 Å². The summed E-state index contributed by atoms with van der Waals surface area (Å²) in [6.45, 7) is 0.464. The Hall–Kier alpha value is -4.80. The second-order valence-electron chi connectivity index (χ2n) is 8.56. The maximum atomic E-state index is 13.3. The van der Waals surface area contributed by atoms with Gasteiger partial charge in [0, 0.05) is 18.0 Å². The summed E-state index contributed by atoms with van der Waals surface area (Å²) < 4.78 is 20.9. The lowest BCUT2D eigenvalue weighted by Crippen LogP contribution is -2.71. The number of urea groups is 1. The standard InChI is InChI=1S/C25H19FN6O4/c26-16-2-4-17(5-3-16)32-20-8-7-19(12-15(20)13-28-32)36-21-9-6-18(14-27-21)31-11-1-10-25(31)22(33)29-24(35)30-23(25)34/h2-9,12-14H,1,10-11H2,(H2,29,30,33,34,35). The summed E-state index contributed by atoms with van der Waals surface area (Å²) in [4.78, 5) is 42.8. The van der Waals surface area contributed by atoms with Crippen LogP contribution in [0.1, 0.15) is 12.8 Å². The maximum Gasteiger partial charge on any atom is 0.328 e. The minimum atomic E-state index is -1.48. The van der Waals surface area contributed by atoms with Crippen molar-refractivity contribution >= 4 is 34.4 Å². The number of pyridine rings is 1. The molecule has 0 unspecified atom stereocenters. The average molecular weight is 486 g/mol. The number of imide groups is 2. The van der Waals surface area contributed by atoms with E-state index in [0.29, 0.717) is 36.7 Å². The number of hydrogen-bond donors (Lipinski definition) is 2. The normalized spacial score (nSPS) is 16.9. The highest BCUT2D eigenvalue weighted by atomic mass is 19.1. The number of amides is 4. The number of fused-ring (bicyclic) bond motifs is 1. The number of benzene rings is 2. The van der Waals surface area contributed by atoms with E-state index >= 15 is 0 Å².